The Kier molecular flexibility index (Phi) is 26.2. The number of aliphatic hydroxyl groups is 1. The standard InChI is InChI=1S/C29H31F4N7O2.C29H34FN7O3.C27H29F2N7O2/c1-5-39(4)28(41)24-26(34-16-35-27(24)42-23-9-7-21-19(25(23)30)14-17(2)36-21)37-18-6-8-22(20(15-18)29(31,32)33)40-12-10-38(3)11-13-40;1-5-36(4)29(39)25-27(34-22-7-6-20(15-19(22)16-38)37-12-10-35(3)11-13-37)31-17-32-28(25)40-24-9-8-23-21(26(24)30)14-18(2)33-23;1-4-35(3)27(37)23-25(34-17-5-7-21(19(28)14-17)36-11-9-30-10-12-36)31-15-32-26(23)38-22-8-6-20-18(24(22)29)13-16(2)33-20/h6-9,14-16,36H,5,10-13H2,1-4H3,(H,34,35,37);6-9,14-15,17,33,38H,5,10-13,16H2,1-4H3,(H,31,32,34);5-8,13-15,30,33H,4,9-12H2,1-3H3,(H,31,32,34). The number of likely N-dealkylation sites (N-methyl/N-ethyl adjacent to an activating group) is 2. The van der Waals surface area contributed by atoms with E-state index >= 15 is 17.6 Å². The summed E-state index contributed by atoms with van der Waals surface area (Å²) in [6.45, 7) is 20.8. The van der Waals surface area contributed by atoms with Gasteiger partial charge in [0.15, 0.2) is 52.2 Å². The van der Waals surface area contributed by atoms with Crippen molar-refractivity contribution in [2.75, 3.05) is 164 Å². The van der Waals surface area contributed by atoms with Gasteiger partial charge in [-0.1, -0.05) is 0 Å². The van der Waals surface area contributed by atoms with Crippen molar-refractivity contribution in [2.24, 2.45) is 0 Å². The lowest BCUT2D eigenvalue weighted by Gasteiger charge is -2.35. The average molecular weight is 1650 g/mol. The number of halogens is 7. The van der Waals surface area contributed by atoms with Crippen LogP contribution in [-0.2, 0) is 12.8 Å². The first-order chi connectivity index (χ1) is 57.6. The van der Waals surface area contributed by atoms with Gasteiger partial charge in [0.05, 0.1) is 17.9 Å². The van der Waals surface area contributed by atoms with Crippen LogP contribution in [-0.4, -0.2) is 226 Å². The molecule has 28 nitrogen and oxygen atoms in total. The van der Waals surface area contributed by atoms with E-state index in [0.29, 0.717) is 114 Å². The van der Waals surface area contributed by atoms with Gasteiger partial charge in [-0.25, -0.2) is 47.5 Å². The van der Waals surface area contributed by atoms with Crippen molar-refractivity contribution in [3.63, 3.8) is 0 Å². The number of rotatable bonds is 22. The first kappa shape index (κ1) is 85.0. The quantitative estimate of drug-likeness (QED) is 0.0292. The number of aromatic nitrogens is 9. The Balaban J connectivity index is 0.000000156. The molecule has 6 aromatic heterocycles. The Hall–Kier alpha value is -12.9. The first-order valence-corrected chi connectivity index (χ1v) is 39.2. The second-order valence-electron chi connectivity index (χ2n) is 29.4. The minimum Gasteiger partial charge on any atom is -0.435 e. The summed E-state index contributed by atoms with van der Waals surface area (Å²) in [5.74, 6) is -4.06. The zero-order valence-electron chi connectivity index (χ0n) is 68.2. The van der Waals surface area contributed by atoms with Crippen LogP contribution < -0.4 is 50.2 Å². The number of piperazine rings is 3. The molecule has 0 atom stereocenters. The molecule has 0 aliphatic carbocycles. The molecule has 3 saturated heterocycles. The molecule has 0 spiro atoms. The summed E-state index contributed by atoms with van der Waals surface area (Å²) >= 11 is 0. The number of H-pyrrole nitrogens is 3. The SMILES string of the molecule is CCN(C)C(=O)c1c(Nc2ccc(N3CCN(C)CC3)c(C(F)(F)F)c2)ncnc1Oc1ccc2[nH]c(C)cc2c1F.CCN(C)C(=O)c1c(Nc2ccc(N3CCN(C)CC3)cc2CO)ncnc1Oc1ccc2[nH]c(C)cc2c1F.CCN(C)C(=O)c1c(Nc2ccc(N3CCNCC3)c(F)c2)ncnc1Oc1ccc2[nH]c(C)cc2c1F. The maximum absolute atomic E-state index is 15.4. The number of carbonyl (C=O) groups is 3. The number of hydrogen-bond acceptors (Lipinski definition) is 22. The number of anilines is 9. The van der Waals surface area contributed by atoms with Crippen LogP contribution in [0.25, 0.3) is 32.7 Å². The molecule has 0 radical (unpaired) electrons. The minimum absolute atomic E-state index is 0.00758. The largest absolute Gasteiger partial charge is 0.435 e. The Morgan fingerprint density at radius 3 is 1.24 bits per heavy atom. The van der Waals surface area contributed by atoms with Gasteiger partial charge in [-0.15, -0.1) is 0 Å². The number of carbonyl (C=O) groups excluding carboxylic acids is 3. The molecule has 9 heterocycles. The molecular weight excluding hydrogens is 1560 g/mol. The van der Waals surface area contributed by atoms with Crippen LogP contribution in [0.5, 0.6) is 34.9 Å². The Morgan fingerprint density at radius 2 is 0.850 bits per heavy atom. The van der Waals surface area contributed by atoms with Gasteiger partial charge in [-0.3, -0.25) is 14.4 Å². The van der Waals surface area contributed by atoms with Gasteiger partial charge < -0.3 is 94.7 Å². The van der Waals surface area contributed by atoms with Crippen LogP contribution in [0.2, 0.25) is 0 Å². The van der Waals surface area contributed by atoms with Crippen LogP contribution >= 0.6 is 0 Å². The number of aliphatic hydroxyl groups excluding tert-OH is 1. The normalized spacial score (nSPS) is 14.0. The Bertz CT molecular complexity index is 5730. The number of alkyl halides is 3. The van der Waals surface area contributed by atoms with E-state index in [0.717, 1.165) is 74.4 Å². The van der Waals surface area contributed by atoms with Crippen molar-refractivity contribution in [2.45, 2.75) is 54.3 Å². The van der Waals surface area contributed by atoms with Gasteiger partial charge in [0, 0.05) is 203 Å². The highest BCUT2D eigenvalue weighted by molar-refractivity contribution is 6.03. The number of nitrogens with zero attached hydrogens (tertiary/aromatic N) is 14. The average Bonchev–Trinajstić information content (AvgIpc) is 1.50. The van der Waals surface area contributed by atoms with Crippen molar-refractivity contribution in [3.05, 3.63) is 196 Å². The third-order valence-corrected chi connectivity index (χ3v) is 21.1. The van der Waals surface area contributed by atoms with Gasteiger partial charge in [0.2, 0.25) is 17.6 Å². The third-order valence-electron chi connectivity index (χ3n) is 21.1. The lowest BCUT2D eigenvalue weighted by molar-refractivity contribution is -0.137. The van der Waals surface area contributed by atoms with E-state index in [1.54, 1.807) is 88.4 Å². The summed E-state index contributed by atoms with van der Waals surface area (Å²) in [7, 11) is 8.86. The van der Waals surface area contributed by atoms with Crippen LogP contribution in [0, 0.1) is 44.0 Å². The number of amides is 3. The molecule has 0 bridgehead atoms. The molecule has 3 aliphatic heterocycles. The number of aryl methyl sites for hydroxylation is 3. The lowest BCUT2D eigenvalue weighted by atomic mass is 10.1. The molecule has 0 saturated carbocycles. The zero-order valence-corrected chi connectivity index (χ0v) is 68.2. The number of fused-ring (bicyclic) bond motifs is 3. The van der Waals surface area contributed by atoms with Gasteiger partial charge >= 0.3 is 6.18 Å². The fraction of sp³-hybridized carbons (Fsp3) is 0.329. The number of nitrogens with one attached hydrogen (secondary N) is 7. The second kappa shape index (κ2) is 37.0. The maximum atomic E-state index is 15.4. The maximum Gasteiger partial charge on any atom is 0.418 e. The number of hydrogen-bond donors (Lipinski definition) is 8. The molecule has 0 unspecified atom stereocenters. The summed E-state index contributed by atoms with van der Waals surface area (Å²) in [5, 5.41) is 23.6. The lowest BCUT2D eigenvalue weighted by Crippen LogP contribution is -2.45. The second-order valence-corrected chi connectivity index (χ2v) is 29.4. The van der Waals surface area contributed by atoms with Crippen LogP contribution in [0.4, 0.5) is 82.3 Å². The highest BCUT2D eigenvalue weighted by Gasteiger charge is 2.37. The van der Waals surface area contributed by atoms with Crippen molar-refractivity contribution >= 4 is 102 Å². The highest BCUT2D eigenvalue weighted by Crippen LogP contribution is 2.43. The fourth-order valence-corrected chi connectivity index (χ4v) is 14.0. The van der Waals surface area contributed by atoms with E-state index in [-0.39, 0.29) is 92.9 Å². The van der Waals surface area contributed by atoms with Crippen molar-refractivity contribution in [1.82, 2.24) is 74.7 Å². The molecule has 6 aromatic carbocycles. The summed E-state index contributed by atoms with van der Waals surface area (Å²) < 4.78 is 121. The Labute approximate surface area is 687 Å². The van der Waals surface area contributed by atoms with Gasteiger partial charge in [0.1, 0.15) is 41.5 Å². The topological polar surface area (TPSA) is 298 Å². The van der Waals surface area contributed by atoms with E-state index < -0.39 is 46.8 Å². The summed E-state index contributed by atoms with van der Waals surface area (Å²) in [6.07, 6.45) is -1.05. The monoisotopic (exact) mass is 1650 g/mol. The van der Waals surface area contributed by atoms with Crippen molar-refractivity contribution in [1.29, 1.82) is 0 Å². The van der Waals surface area contributed by atoms with E-state index in [4.69, 9.17) is 14.2 Å². The van der Waals surface area contributed by atoms with Gasteiger partial charge in [-0.05, 0) is 165 Å². The fourth-order valence-electron chi connectivity index (χ4n) is 14.0. The first-order valence-electron chi connectivity index (χ1n) is 39.2. The Morgan fingerprint density at radius 1 is 0.467 bits per heavy atom. The van der Waals surface area contributed by atoms with Crippen molar-refractivity contribution in [3.8, 4) is 34.9 Å². The van der Waals surface area contributed by atoms with E-state index in [1.807, 2.05) is 57.8 Å². The highest BCUT2D eigenvalue weighted by atomic mass is 19.4. The van der Waals surface area contributed by atoms with E-state index in [2.05, 4.69) is 87.9 Å². The number of aromatic amines is 3. The van der Waals surface area contributed by atoms with E-state index in [9.17, 15) is 32.7 Å². The summed E-state index contributed by atoms with van der Waals surface area (Å²) in [6, 6.07) is 28.9. The summed E-state index contributed by atoms with van der Waals surface area (Å²) in [5.41, 5.74) is 6.65. The molecule has 12 aromatic rings. The molecule has 35 heteroatoms. The van der Waals surface area contributed by atoms with E-state index in [1.165, 1.54) is 63.8 Å². The van der Waals surface area contributed by atoms with Crippen LogP contribution in [0.3, 0.4) is 0 Å². The van der Waals surface area contributed by atoms with Crippen molar-refractivity contribution < 1.29 is 64.4 Å². The smallest absolute Gasteiger partial charge is 0.418 e. The molecule has 3 fully saturated rings. The predicted molar refractivity (Wildman–Crippen MR) is 448 cm³/mol. The molecule has 630 valence electrons. The molecule has 15 rings (SSSR count). The molecule has 8 N–H and O–H groups in total. The zero-order chi connectivity index (χ0) is 85.4. The molecular formula is C85H94F7N21O7. The third kappa shape index (κ3) is 19.0. The molecule has 3 amide bonds. The molecule has 3 aliphatic rings. The predicted octanol–water partition coefficient (Wildman–Crippen LogP) is 14.7. The van der Waals surface area contributed by atoms with Crippen LogP contribution in [0.1, 0.15) is 80.1 Å². The number of benzene rings is 6. The minimum atomic E-state index is -4.62. The summed E-state index contributed by atoms with van der Waals surface area (Å²) in [4.78, 5) is 89.4. The van der Waals surface area contributed by atoms with Gasteiger partial charge in [-0.2, -0.15) is 13.2 Å². The van der Waals surface area contributed by atoms with Gasteiger partial charge in [0.25, 0.3) is 17.7 Å². The number of ether oxygens (including phenoxy) is 3. The van der Waals surface area contributed by atoms with Crippen LogP contribution in [0.15, 0.2) is 128 Å². The molecule has 120 heavy (non-hydrogen) atoms.